The van der Waals surface area contributed by atoms with Gasteiger partial charge in [-0.2, -0.15) is 0 Å². The van der Waals surface area contributed by atoms with Gasteiger partial charge in [0.25, 0.3) is 0 Å². The monoisotopic (exact) mass is 382 g/mol. The molecule has 5 aromatic rings. The minimum atomic E-state index is 1.23. The lowest BCUT2D eigenvalue weighted by Crippen LogP contribution is -1.90. The summed E-state index contributed by atoms with van der Waals surface area (Å²) < 4.78 is 0. The summed E-state index contributed by atoms with van der Waals surface area (Å²) in [5.41, 5.74) is 9.96. The topological polar surface area (TPSA) is 0 Å². The van der Waals surface area contributed by atoms with E-state index < -0.39 is 0 Å². The van der Waals surface area contributed by atoms with Crippen molar-refractivity contribution in [2.75, 3.05) is 0 Å². The second kappa shape index (κ2) is 8.23. The van der Waals surface area contributed by atoms with Crippen LogP contribution in [-0.4, -0.2) is 0 Å². The molecule has 30 heavy (non-hydrogen) atoms. The highest BCUT2D eigenvalue weighted by Gasteiger charge is 2.13. The zero-order valence-electron chi connectivity index (χ0n) is 16.7. The molecular formula is C30H22. The molecule has 0 N–H and O–H groups in total. The van der Waals surface area contributed by atoms with Crippen LogP contribution in [0.3, 0.4) is 0 Å². The minimum Gasteiger partial charge on any atom is -0.0622 e. The molecule has 0 aliphatic heterocycles. The normalized spacial score (nSPS) is 10.7. The first-order valence-electron chi connectivity index (χ1n) is 10.3. The second-order valence-electron chi connectivity index (χ2n) is 7.40. The van der Waals surface area contributed by atoms with Crippen LogP contribution < -0.4 is 0 Å². The van der Waals surface area contributed by atoms with Crippen molar-refractivity contribution < 1.29 is 0 Å². The van der Waals surface area contributed by atoms with Gasteiger partial charge < -0.3 is 0 Å². The minimum absolute atomic E-state index is 1.23. The fourth-order valence-corrected chi connectivity index (χ4v) is 4.04. The van der Waals surface area contributed by atoms with Gasteiger partial charge in [-0.05, 0) is 44.5 Å². The molecule has 0 unspecified atom stereocenters. The molecule has 5 aromatic carbocycles. The van der Waals surface area contributed by atoms with Crippen molar-refractivity contribution in [2.24, 2.45) is 0 Å². The SMILES string of the molecule is c1ccc(-c2ccc(-c3cccc(-c4ccccc4)c3-c3ccccc3)cc2)cc1. The summed E-state index contributed by atoms with van der Waals surface area (Å²) in [6.07, 6.45) is 0. The van der Waals surface area contributed by atoms with E-state index in [1.807, 2.05) is 0 Å². The van der Waals surface area contributed by atoms with Gasteiger partial charge in [0.2, 0.25) is 0 Å². The zero-order valence-corrected chi connectivity index (χ0v) is 16.7. The van der Waals surface area contributed by atoms with Crippen LogP contribution in [0.25, 0.3) is 44.5 Å². The molecule has 0 spiro atoms. The molecule has 0 heterocycles. The number of hydrogen-bond donors (Lipinski definition) is 0. The van der Waals surface area contributed by atoms with E-state index in [1.165, 1.54) is 44.5 Å². The molecule has 0 heteroatoms. The van der Waals surface area contributed by atoms with Gasteiger partial charge >= 0.3 is 0 Å². The van der Waals surface area contributed by atoms with Gasteiger partial charge in [0, 0.05) is 0 Å². The molecule has 0 saturated carbocycles. The first-order chi connectivity index (χ1) is 14.9. The van der Waals surface area contributed by atoms with Crippen LogP contribution in [0.2, 0.25) is 0 Å². The zero-order chi connectivity index (χ0) is 20.2. The Morgan fingerprint density at radius 1 is 0.233 bits per heavy atom. The highest BCUT2D eigenvalue weighted by molar-refractivity contribution is 5.94. The maximum absolute atomic E-state index is 2.24. The van der Waals surface area contributed by atoms with Crippen molar-refractivity contribution in [2.45, 2.75) is 0 Å². The molecule has 0 aromatic heterocycles. The van der Waals surface area contributed by atoms with Crippen molar-refractivity contribution in [3.05, 3.63) is 133 Å². The smallest absolute Gasteiger partial charge is 0.00268 e. The molecule has 0 bridgehead atoms. The summed E-state index contributed by atoms with van der Waals surface area (Å²) in [6, 6.07) is 47.4. The molecular weight excluding hydrogens is 360 g/mol. The molecule has 0 aliphatic rings. The lowest BCUT2D eigenvalue weighted by atomic mass is 9.87. The lowest BCUT2D eigenvalue weighted by molar-refractivity contribution is 1.55. The third kappa shape index (κ3) is 3.56. The average molecular weight is 383 g/mol. The third-order valence-corrected chi connectivity index (χ3v) is 5.51. The molecule has 0 amide bonds. The van der Waals surface area contributed by atoms with Gasteiger partial charge in [-0.15, -0.1) is 0 Å². The van der Waals surface area contributed by atoms with Gasteiger partial charge in [-0.1, -0.05) is 133 Å². The number of hydrogen-bond acceptors (Lipinski definition) is 0. The fourth-order valence-electron chi connectivity index (χ4n) is 4.04. The predicted molar refractivity (Wildman–Crippen MR) is 128 cm³/mol. The van der Waals surface area contributed by atoms with Crippen molar-refractivity contribution in [1.29, 1.82) is 0 Å². The second-order valence-corrected chi connectivity index (χ2v) is 7.40. The number of benzene rings is 5. The van der Waals surface area contributed by atoms with Crippen molar-refractivity contribution >= 4 is 0 Å². The maximum Gasteiger partial charge on any atom is -0.00268 e. The Balaban J connectivity index is 1.67. The van der Waals surface area contributed by atoms with E-state index in [1.54, 1.807) is 0 Å². The highest BCUT2D eigenvalue weighted by Crippen LogP contribution is 2.40. The van der Waals surface area contributed by atoms with Gasteiger partial charge in [0.05, 0.1) is 0 Å². The van der Waals surface area contributed by atoms with E-state index >= 15 is 0 Å². The van der Waals surface area contributed by atoms with Crippen molar-refractivity contribution in [3.8, 4) is 44.5 Å². The Labute approximate surface area is 178 Å². The molecule has 0 radical (unpaired) electrons. The average Bonchev–Trinajstić information content (AvgIpc) is 2.85. The quantitative estimate of drug-likeness (QED) is 0.293. The summed E-state index contributed by atoms with van der Waals surface area (Å²) in [4.78, 5) is 0. The Morgan fingerprint density at radius 3 is 1.13 bits per heavy atom. The van der Waals surface area contributed by atoms with Gasteiger partial charge in [0.1, 0.15) is 0 Å². The Kier molecular flexibility index (Phi) is 4.98. The van der Waals surface area contributed by atoms with Gasteiger partial charge in [-0.3, -0.25) is 0 Å². The predicted octanol–water partition coefficient (Wildman–Crippen LogP) is 8.35. The van der Waals surface area contributed by atoms with Crippen LogP contribution in [0.5, 0.6) is 0 Å². The van der Waals surface area contributed by atoms with Crippen LogP contribution in [-0.2, 0) is 0 Å². The van der Waals surface area contributed by atoms with Crippen molar-refractivity contribution in [3.63, 3.8) is 0 Å². The van der Waals surface area contributed by atoms with E-state index in [4.69, 9.17) is 0 Å². The van der Waals surface area contributed by atoms with Crippen LogP contribution in [0.4, 0.5) is 0 Å². The largest absolute Gasteiger partial charge is 0.0622 e. The Hall–Kier alpha value is -3.90. The summed E-state index contributed by atoms with van der Waals surface area (Å²) in [6.45, 7) is 0. The standard InChI is InChI=1S/C30H22/c1-4-11-23(12-5-1)24-19-21-26(22-20-24)29-18-10-17-28(25-13-6-2-7-14-25)30(29)27-15-8-3-9-16-27/h1-22H. The fraction of sp³-hybridized carbons (Fsp3) is 0. The maximum atomic E-state index is 2.24. The first-order valence-corrected chi connectivity index (χ1v) is 10.3. The highest BCUT2D eigenvalue weighted by atomic mass is 14.2. The summed E-state index contributed by atoms with van der Waals surface area (Å²) in [5.74, 6) is 0. The van der Waals surface area contributed by atoms with E-state index in [0.29, 0.717) is 0 Å². The van der Waals surface area contributed by atoms with Gasteiger partial charge in [-0.25, -0.2) is 0 Å². The van der Waals surface area contributed by atoms with Crippen LogP contribution in [0.15, 0.2) is 133 Å². The summed E-state index contributed by atoms with van der Waals surface area (Å²) in [7, 11) is 0. The third-order valence-electron chi connectivity index (χ3n) is 5.51. The molecule has 5 rings (SSSR count). The van der Waals surface area contributed by atoms with E-state index in [0.717, 1.165) is 0 Å². The van der Waals surface area contributed by atoms with Gasteiger partial charge in [0.15, 0.2) is 0 Å². The first kappa shape index (κ1) is 18.1. The molecule has 142 valence electrons. The molecule has 0 fully saturated rings. The van der Waals surface area contributed by atoms with Crippen LogP contribution in [0.1, 0.15) is 0 Å². The number of rotatable bonds is 4. The van der Waals surface area contributed by atoms with E-state index in [9.17, 15) is 0 Å². The van der Waals surface area contributed by atoms with Crippen LogP contribution >= 0.6 is 0 Å². The van der Waals surface area contributed by atoms with Crippen molar-refractivity contribution in [1.82, 2.24) is 0 Å². The summed E-state index contributed by atoms with van der Waals surface area (Å²) in [5, 5.41) is 0. The molecule has 0 atom stereocenters. The van der Waals surface area contributed by atoms with E-state index in [2.05, 4.69) is 133 Å². The molecule has 0 aliphatic carbocycles. The Bertz CT molecular complexity index is 1240. The van der Waals surface area contributed by atoms with E-state index in [-0.39, 0.29) is 0 Å². The lowest BCUT2D eigenvalue weighted by Gasteiger charge is -2.16. The Morgan fingerprint density at radius 2 is 0.600 bits per heavy atom. The summed E-state index contributed by atoms with van der Waals surface area (Å²) >= 11 is 0. The molecule has 0 saturated heterocycles. The van der Waals surface area contributed by atoms with Crippen LogP contribution in [0, 0.1) is 0 Å². The molecule has 0 nitrogen and oxygen atoms in total.